The molecule has 0 N–H and O–H groups in total. The minimum atomic E-state index is -0.0216. The number of hydrogen-bond donors (Lipinski definition) is 0. The van der Waals surface area contributed by atoms with Crippen molar-refractivity contribution in [3.05, 3.63) is 55.9 Å². The highest BCUT2D eigenvalue weighted by Crippen LogP contribution is 2.44. The number of ketones is 2. The SMILES string of the molecule is O=C1c2cscc2C(=O)c2c1csc2-c1cc2sccc2s1. The lowest BCUT2D eigenvalue weighted by Crippen LogP contribution is -2.17. The molecule has 0 aromatic carbocycles. The second-order valence-corrected chi connectivity index (χ2v) is 8.63. The topological polar surface area (TPSA) is 34.1 Å². The number of rotatable bonds is 1. The van der Waals surface area contributed by atoms with Crippen LogP contribution in [0.25, 0.3) is 19.2 Å². The van der Waals surface area contributed by atoms with Gasteiger partial charge in [0.05, 0.1) is 10.4 Å². The maximum atomic E-state index is 12.8. The van der Waals surface area contributed by atoms with Crippen molar-refractivity contribution in [3.8, 4) is 9.75 Å². The van der Waals surface area contributed by atoms with Gasteiger partial charge in [0.1, 0.15) is 0 Å². The molecule has 0 bridgehead atoms. The van der Waals surface area contributed by atoms with Gasteiger partial charge in [-0.3, -0.25) is 9.59 Å². The molecular weight excluding hydrogens is 352 g/mol. The largest absolute Gasteiger partial charge is 0.288 e. The number of carbonyl (C=O) groups excluding carboxylic acids is 2. The van der Waals surface area contributed by atoms with Crippen LogP contribution in [0.15, 0.2) is 33.7 Å². The van der Waals surface area contributed by atoms with Gasteiger partial charge in [-0.25, -0.2) is 0 Å². The average molecular weight is 358 g/mol. The number of carbonyl (C=O) groups is 2. The average Bonchev–Trinajstić information content (AvgIpc) is 3.22. The van der Waals surface area contributed by atoms with Crippen molar-refractivity contribution < 1.29 is 9.59 Å². The fourth-order valence-electron chi connectivity index (χ4n) is 2.74. The van der Waals surface area contributed by atoms with Gasteiger partial charge in [0.25, 0.3) is 0 Å². The van der Waals surface area contributed by atoms with Crippen LogP contribution in [0.1, 0.15) is 31.8 Å². The third-order valence-electron chi connectivity index (χ3n) is 3.78. The lowest BCUT2D eigenvalue weighted by Gasteiger charge is -2.11. The second kappa shape index (κ2) is 4.45. The molecule has 0 saturated heterocycles. The smallest absolute Gasteiger partial charge is 0.196 e. The lowest BCUT2D eigenvalue weighted by atomic mass is 9.88. The summed E-state index contributed by atoms with van der Waals surface area (Å²) in [7, 11) is 0. The summed E-state index contributed by atoms with van der Waals surface area (Å²) in [6.45, 7) is 0. The molecule has 4 aromatic heterocycles. The van der Waals surface area contributed by atoms with Gasteiger partial charge in [-0.15, -0.1) is 34.0 Å². The molecule has 0 aliphatic heterocycles. The van der Waals surface area contributed by atoms with E-state index in [0.717, 1.165) is 9.75 Å². The Balaban J connectivity index is 1.77. The van der Waals surface area contributed by atoms with Crippen LogP contribution in [0.5, 0.6) is 0 Å². The number of fused-ring (bicyclic) bond motifs is 3. The first-order valence-electron chi connectivity index (χ1n) is 6.48. The van der Waals surface area contributed by atoms with Crippen molar-refractivity contribution in [2.75, 3.05) is 0 Å². The number of hydrogen-bond acceptors (Lipinski definition) is 6. The van der Waals surface area contributed by atoms with Crippen molar-refractivity contribution in [3.63, 3.8) is 0 Å². The highest BCUT2D eigenvalue weighted by molar-refractivity contribution is 7.30. The molecule has 4 aromatic rings. The predicted octanol–water partition coefficient (Wildman–Crippen LogP) is 5.53. The van der Waals surface area contributed by atoms with Crippen molar-refractivity contribution in [1.29, 1.82) is 0 Å². The van der Waals surface area contributed by atoms with Crippen LogP contribution in [0, 0.1) is 0 Å². The summed E-state index contributed by atoms with van der Waals surface area (Å²) in [4.78, 5) is 27.3. The fraction of sp³-hybridized carbons (Fsp3) is 0. The van der Waals surface area contributed by atoms with Crippen LogP contribution in [0.4, 0.5) is 0 Å². The molecule has 0 radical (unpaired) electrons. The summed E-state index contributed by atoms with van der Waals surface area (Å²) in [6, 6.07) is 4.22. The van der Waals surface area contributed by atoms with E-state index in [0.29, 0.717) is 22.3 Å². The number of thiophene rings is 4. The van der Waals surface area contributed by atoms with Crippen LogP contribution >= 0.6 is 45.3 Å². The van der Waals surface area contributed by atoms with Crippen molar-refractivity contribution in [2.24, 2.45) is 0 Å². The molecule has 106 valence electrons. The first-order chi connectivity index (χ1) is 10.7. The second-order valence-electron chi connectivity index (χ2n) is 4.97. The van der Waals surface area contributed by atoms with Gasteiger partial charge in [0, 0.05) is 47.1 Å². The van der Waals surface area contributed by atoms with E-state index in [9.17, 15) is 9.59 Å². The van der Waals surface area contributed by atoms with Gasteiger partial charge >= 0.3 is 0 Å². The van der Waals surface area contributed by atoms with E-state index in [-0.39, 0.29) is 11.6 Å². The van der Waals surface area contributed by atoms with Crippen molar-refractivity contribution >= 4 is 66.3 Å². The molecular formula is C16H6O2S4. The summed E-state index contributed by atoms with van der Waals surface area (Å²) >= 11 is 6.29. The summed E-state index contributed by atoms with van der Waals surface area (Å²) in [6.07, 6.45) is 0. The standard InChI is InChI=1S/C16H6O2S4/c17-14-7-4-19-5-8(7)15(18)13-9(14)6-21-16(13)12-3-11-10(22-12)1-2-20-11/h1-6H. The molecule has 0 amide bonds. The molecule has 1 aliphatic carbocycles. The summed E-state index contributed by atoms with van der Waals surface area (Å²) < 4.78 is 2.46. The first-order valence-corrected chi connectivity index (χ1v) is 10.0. The van der Waals surface area contributed by atoms with Crippen LogP contribution < -0.4 is 0 Å². The molecule has 0 atom stereocenters. The summed E-state index contributed by atoms with van der Waals surface area (Å²) in [5.74, 6) is -0.0365. The lowest BCUT2D eigenvalue weighted by molar-refractivity contribution is 0.0981. The third kappa shape index (κ3) is 1.58. The Hall–Kier alpha value is -1.60. The van der Waals surface area contributed by atoms with Crippen LogP contribution in [-0.4, -0.2) is 11.6 Å². The first kappa shape index (κ1) is 12.9. The van der Waals surface area contributed by atoms with E-state index in [1.807, 2.05) is 5.38 Å². The Labute approximate surface area is 141 Å². The van der Waals surface area contributed by atoms with E-state index in [2.05, 4.69) is 17.5 Å². The van der Waals surface area contributed by atoms with E-state index >= 15 is 0 Å². The maximum absolute atomic E-state index is 12.8. The highest BCUT2D eigenvalue weighted by atomic mass is 32.1. The van der Waals surface area contributed by atoms with Gasteiger partial charge in [-0.2, -0.15) is 11.3 Å². The van der Waals surface area contributed by atoms with Gasteiger partial charge in [-0.05, 0) is 17.5 Å². The molecule has 0 unspecified atom stereocenters. The zero-order valence-electron chi connectivity index (χ0n) is 10.9. The molecule has 5 rings (SSSR count). The van der Waals surface area contributed by atoms with Crippen LogP contribution in [0.2, 0.25) is 0 Å². The Bertz CT molecular complexity index is 1040. The molecule has 1 aliphatic rings. The molecule has 2 nitrogen and oxygen atoms in total. The van der Waals surface area contributed by atoms with Crippen molar-refractivity contribution in [2.45, 2.75) is 0 Å². The molecule has 0 saturated carbocycles. The normalized spacial score (nSPS) is 13.6. The minimum absolute atomic E-state index is 0.0149. The molecule has 0 fully saturated rings. The van der Waals surface area contributed by atoms with E-state index < -0.39 is 0 Å². The van der Waals surface area contributed by atoms with Gasteiger partial charge in [0.15, 0.2) is 11.6 Å². The monoisotopic (exact) mass is 358 g/mol. The zero-order chi connectivity index (χ0) is 14.8. The predicted molar refractivity (Wildman–Crippen MR) is 94.2 cm³/mol. The summed E-state index contributed by atoms with van der Waals surface area (Å²) in [5, 5.41) is 7.46. The maximum Gasteiger partial charge on any atom is 0.196 e. The molecule has 6 heteroatoms. The highest BCUT2D eigenvalue weighted by Gasteiger charge is 2.34. The van der Waals surface area contributed by atoms with Crippen LogP contribution in [-0.2, 0) is 0 Å². The zero-order valence-corrected chi connectivity index (χ0v) is 14.2. The fourth-order valence-corrected chi connectivity index (χ4v) is 6.83. The van der Waals surface area contributed by atoms with Crippen LogP contribution in [0.3, 0.4) is 0 Å². The van der Waals surface area contributed by atoms with Gasteiger partial charge < -0.3 is 0 Å². The van der Waals surface area contributed by atoms with Gasteiger partial charge in [-0.1, -0.05) is 0 Å². The van der Waals surface area contributed by atoms with Crippen molar-refractivity contribution in [1.82, 2.24) is 0 Å². The van der Waals surface area contributed by atoms with E-state index in [1.54, 1.807) is 33.4 Å². The Morgan fingerprint density at radius 3 is 2.45 bits per heavy atom. The quantitative estimate of drug-likeness (QED) is 0.395. The Morgan fingerprint density at radius 2 is 1.64 bits per heavy atom. The minimum Gasteiger partial charge on any atom is -0.288 e. The third-order valence-corrected chi connectivity index (χ3v) is 7.77. The Kier molecular flexibility index (Phi) is 2.61. The molecule has 0 spiro atoms. The summed E-state index contributed by atoms with van der Waals surface area (Å²) in [5.41, 5.74) is 2.27. The van der Waals surface area contributed by atoms with E-state index in [4.69, 9.17) is 0 Å². The molecule has 4 heterocycles. The van der Waals surface area contributed by atoms with E-state index in [1.165, 1.54) is 32.1 Å². The Morgan fingerprint density at radius 1 is 0.818 bits per heavy atom. The molecule has 22 heavy (non-hydrogen) atoms. The van der Waals surface area contributed by atoms with Gasteiger partial charge in [0.2, 0.25) is 0 Å².